The highest BCUT2D eigenvalue weighted by Crippen LogP contribution is 2.24. The van der Waals surface area contributed by atoms with E-state index in [9.17, 15) is 4.79 Å². The number of nitrogens with zero attached hydrogens (tertiary/aromatic N) is 1. The van der Waals surface area contributed by atoms with Crippen LogP contribution in [0.2, 0.25) is 0 Å². The molecule has 0 amide bonds. The van der Waals surface area contributed by atoms with E-state index in [-0.39, 0.29) is 5.92 Å². The molecule has 0 N–H and O–H groups in total. The van der Waals surface area contributed by atoms with E-state index >= 15 is 0 Å². The van der Waals surface area contributed by atoms with Crippen LogP contribution in [-0.4, -0.2) is 17.4 Å². The number of Topliss-reactive ketones (excluding diaryl/α,β-unsaturated/α-hetero) is 1. The van der Waals surface area contributed by atoms with Crippen LogP contribution in [0.4, 0.5) is 0 Å². The van der Waals surface area contributed by atoms with Gasteiger partial charge in [0, 0.05) is 23.0 Å². The molecule has 1 unspecified atom stereocenters. The van der Waals surface area contributed by atoms with Crippen LogP contribution in [0.5, 0.6) is 5.75 Å². The second kappa shape index (κ2) is 5.43. The highest BCUT2D eigenvalue weighted by atomic mass is 79.9. The maximum absolute atomic E-state index is 11.4. The molecular formula is C12H14BrNO2. The number of ketones is 1. The van der Waals surface area contributed by atoms with Gasteiger partial charge in [-0.15, -0.1) is 0 Å². The van der Waals surface area contributed by atoms with Crippen LogP contribution in [0.3, 0.4) is 0 Å². The van der Waals surface area contributed by atoms with Gasteiger partial charge in [0.25, 0.3) is 0 Å². The normalized spacial score (nSPS) is 20.1. The first-order chi connectivity index (χ1) is 7.75. The third-order valence-electron chi connectivity index (χ3n) is 2.85. The third-order valence-corrected chi connectivity index (χ3v) is 3.28. The van der Waals surface area contributed by atoms with Crippen molar-refractivity contribution in [1.29, 1.82) is 0 Å². The van der Waals surface area contributed by atoms with Crippen molar-refractivity contribution in [1.82, 2.24) is 4.98 Å². The molecule has 0 bridgehead atoms. The number of carbonyl (C=O) groups excluding carboxylic acids is 1. The lowest BCUT2D eigenvalue weighted by molar-refractivity contribution is -0.121. The summed E-state index contributed by atoms with van der Waals surface area (Å²) in [7, 11) is 0. The van der Waals surface area contributed by atoms with Gasteiger partial charge in [-0.3, -0.25) is 9.78 Å². The predicted molar refractivity (Wildman–Crippen MR) is 64.4 cm³/mol. The highest BCUT2D eigenvalue weighted by Gasteiger charge is 2.23. The van der Waals surface area contributed by atoms with Crippen LogP contribution in [0.1, 0.15) is 25.7 Å². The second-order valence-corrected chi connectivity index (χ2v) is 4.95. The van der Waals surface area contributed by atoms with Gasteiger partial charge in [0.05, 0.1) is 12.8 Å². The van der Waals surface area contributed by atoms with Crippen LogP contribution < -0.4 is 4.74 Å². The molecule has 1 fully saturated rings. The van der Waals surface area contributed by atoms with Crippen molar-refractivity contribution in [3.8, 4) is 5.75 Å². The van der Waals surface area contributed by atoms with E-state index in [1.165, 1.54) is 0 Å². The molecule has 86 valence electrons. The van der Waals surface area contributed by atoms with Gasteiger partial charge in [0.15, 0.2) is 0 Å². The summed E-state index contributed by atoms with van der Waals surface area (Å²) in [5, 5.41) is 0. The standard InChI is InChI=1S/C12H14BrNO2/c13-10-6-11(8-14-7-10)16-5-4-9-2-1-3-12(9)15/h6-9H,1-5H2. The molecule has 1 saturated carbocycles. The van der Waals surface area contributed by atoms with Gasteiger partial charge in [-0.25, -0.2) is 0 Å². The van der Waals surface area contributed by atoms with E-state index in [4.69, 9.17) is 4.74 Å². The number of hydrogen-bond acceptors (Lipinski definition) is 3. The van der Waals surface area contributed by atoms with E-state index in [0.29, 0.717) is 12.4 Å². The third kappa shape index (κ3) is 3.04. The Hall–Kier alpha value is -0.900. The number of ether oxygens (including phenoxy) is 1. The summed E-state index contributed by atoms with van der Waals surface area (Å²) in [6.07, 6.45) is 7.05. The number of halogens is 1. The minimum atomic E-state index is 0.222. The number of carbonyl (C=O) groups is 1. The summed E-state index contributed by atoms with van der Waals surface area (Å²) in [5.74, 6) is 1.37. The first kappa shape index (κ1) is 11.6. The Kier molecular flexibility index (Phi) is 3.93. The molecule has 0 radical (unpaired) electrons. The molecule has 1 atom stereocenters. The maximum atomic E-state index is 11.4. The fourth-order valence-electron chi connectivity index (χ4n) is 1.98. The van der Waals surface area contributed by atoms with Crippen LogP contribution in [0.15, 0.2) is 22.9 Å². The lowest BCUT2D eigenvalue weighted by Gasteiger charge is -2.09. The van der Waals surface area contributed by atoms with Gasteiger partial charge in [0.2, 0.25) is 0 Å². The van der Waals surface area contributed by atoms with Gasteiger partial charge < -0.3 is 4.74 Å². The Morgan fingerprint density at radius 2 is 2.38 bits per heavy atom. The number of rotatable bonds is 4. The average Bonchev–Trinajstić information content (AvgIpc) is 2.65. The second-order valence-electron chi connectivity index (χ2n) is 4.03. The van der Waals surface area contributed by atoms with Crippen molar-refractivity contribution >= 4 is 21.7 Å². The minimum absolute atomic E-state index is 0.222. The largest absolute Gasteiger partial charge is 0.492 e. The number of hydrogen-bond donors (Lipinski definition) is 0. The molecule has 1 aliphatic rings. The first-order valence-corrected chi connectivity index (χ1v) is 6.31. The molecule has 3 nitrogen and oxygen atoms in total. The molecule has 4 heteroatoms. The van der Waals surface area contributed by atoms with Crippen molar-refractivity contribution in [2.24, 2.45) is 5.92 Å². The van der Waals surface area contributed by atoms with Crippen LogP contribution in [-0.2, 0) is 4.79 Å². The van der Waals surface area contributed by atoms with Crippen molar-refractivity contribution in [3.63, 3.8) is 0 Å². The Balaban J connectivity index is 1.77. The van der Waals surface area contributed by atoms with Crippen molar-refractivity contribution in [3.05, 3.63) is 22.9 Å². The van der Waals surface area contributed by atoms with E-state index in [1.54, 1.807) is 12.4 Å². The SMILES string of the molecule is O=C1CCCC1CCOc1cncc(Br)c1. The van der Waals surface area contributed by atoms with Gasteiger partial charge in [0.1, 0.15) is 11.5 Å². The highest BCUT2D eigenvalue weighted by molar-refractivity contribution is 9.10. The molecule has 0 saturated heterocycles. The number of aromatic nitrogens is 1. The molecule has 16 heavy (non-hydrogen) atoms. The lowest BCUT2D eigenvalue weighted by Crippen LogP contribution is -2.11. The Morgan fingerprint density at radius 3 is 3.06 bits per heavy atom. The minimum Gasteiger partial charge on any atom is -0.492 e. The summed E-state index contributed by atoms with van der Waals surface area (Å²) in [6, 6.07) is 1.88. The molecule has 0 aliphatic heterocycles. The number of pyridine rings is 1. The summed E-state index contributed by atoms with van der Waals surface area (Å²) in [6.45, 7) is 0.592. The lowest BCUT2D eigenvalue weighted by atomic mass is 10.0. The van der Waals surface area contributed by atoms with Crippen molar-refractivity contribution in [2.45, 2.75) is 25.7 Å². The predicted octanol–water partition coefficient (Wildman–Crippen LogP) is 2.98. The van der Waals surface area contributed by atoms with E-state index < -0.39 is 0 Å². The summed E-state index contributed by atoms with van der Waals surface area (Å²) in [5.41, 5.74) is 0. The molecule has 2 rings (SSSR count). The molecule has 1 aromatic heterocycles. The van der Waals surface area contributed by atoms with Crippen molar-refractivity contribution < 1.29 is 9.53 Å². The Morgan fingerprint density at radius 1 is 1.50 bits per heavy atom. The van der Waals surface area contributed by atoms with Gasteiger partial charge in [-0.1, -0.05) is 0 Å². The zero-order valence-electron chi connectivity index (χ0n) is 8.99. The van der Waals surface area contributed by atoms with Crippen LogP contribution in [0, 0.1) is 5.92 Å². The fraction of sp³-hybridized carbons (Fsp3) is 0.500. The van der Waals surface area contributed by atoms with E-state index in [2.05, 4.69) is 20.9 Å². The molecular weight excluding hydrogens is 270 g/mol. The van der Waals surface area contributed by atoms with Gasteiger partial charge in [-0.05, 0) is 41.3 Å². The molecule has 1 aromatic rings. The summed E-state index contributed by atoms with van der Waals surface area (Å²) in [4.78, 5) is 15.4. The quantitative estimate of drug-likeness (QED) is 0.853. The summed E-state index contributed by atoms with van der Waals surface area (Å²) < 4.78 is 6.46. The zero-order chi connectivity index (χ0) is 11.4. The Bertz CT molecular complexity index is 381. The Labute approximate surface area is 103 Å². The van der Waals surface area contributed by atoms with Gasteiger partial charge in [-0.2, -0.15) is 0 Å². The van der Waals surface area contributed by atoms with E-state index in [1.807, 2.05) is 6.07 Å². The summed E-state index contributed by atoms with van der Waals surface area (Å²) >= 11 is 3.33. The van der Waals surface area contributed by atoms with Crippen LogP contribution in [0.25, 0.3) is 0 Å². The van der Waals surface area contributed by atoms with Crippen LogP contribution >= 0.6 is 15.9 Å². The average molecular weight is 284 g/mol. The smallest absolute Gasteiger partial charge is 0.138 e. The monoisotopic (exact) mass is 283 g/mol. The fourth-order valence-corrected chi connectivity index (χ4v) is 2.33. The zero-order valence-corrected chi connectivity index (χ0v) is 10.6. The molecule has 1 heterocycles. The van der Waals surface area contributed by atoms with E-state index in [0.717, 1.165) is 35.9 Å². The maximum Gasteiger partial charge on any atom is 0.138 e. The van der Waals surface area contributed by atoms with Crippen molar-refractivity contribution in [2.75, 3.05) is 6.61 Å². The topological polar surface area (TPSA) is 39.2 Å². The first-order valence-electron chi connectivity index (χ1n) is 5.52. The molecule has 1 aliphatic carbocycles. The van der Waals surface area contributed by atoms with Gasteiger partial charge >= 0.3 is 0 Å². The molecule has 0 aromatic carbocycles. The molecule has 0 spiro atoms.